The summed E-state index contributed by atoms with van der Waals surface area (Å²) < 4.78 is 6.73. The summed E-state index contributed by atoms with van der Waals surface area (Å²) in [5.74, 6) is 1.05. The Hall–Kier alpha value is -2.33. The van der Waals surface area contributed by atoms with E-state index in [1.165, 1.54) is 40.9 Å². The van der Waals surface area contributed by atoms with Crippen molar-refractivity contribution in [1.82, 2.24) is 9.91 Å². The van der Waals surface area contributed by atoms with Crippen LogP contribution in [0.5, 0.6) is 5.75 Å². The second-order valence-electron chi connectivity index (χ2n) is 8.86. The highest BCUT2D eigenvalue weighted by molar-refractivity contribution is 6.03. The largest absolute Gasteiger partial charge is 0.466 e. The van der Waals surface area contributed by atoms with Crippen LogP contribution in [0, 0.1) is 13.8 Å². The molecule has 152 valence electrons. The van der Waals surface area contributed by atoms with Gasteiger partial charge in [-0.15, -0.1) is 0 Å². The lowest BCUT2D eigenvalue weighted by molar-refractivity contribution is -0.149. The van der Waals surface area contributed by atoms with Gasteiger partial charge in [-0.3, -0.25) is 0 Å². The third-order valence-corrected chi connectivity index (χ3v) is 6.79. The van der Waals surface area contributed by atoms with E-state index in [2.05, 4.69) is 73.1 Å². The topological polar surface area (TPSA) is 28.1 Å². The molecule has 3 aliphatic rings. The van der Waals surface area contributed by atoms with E-state index in [1.807, 2.05) is 0 Å². The van der Waals surface area contributed by atoms with Crippen molar-refractivity contribution in [2.45, 2.75) is 58.2 Å². The summed E-state index contributed by atoms with van der Waals surface area (Å²) in [6.07, 6.45) is 4.16. The van der Waals surface area contributed by atoms with Gasteiger partial charge in [-0.2, -0.15) is 5.10 Å². The minimum Gasteiger partial charge on any atom is -0.466 e. The first-order chi connectivity index (χ1) is 14.1. The molecule has 1 saturated heterocycles. The fourth-order valence-electron chi connectivity index (χ4n) is 5.21. The monoisotopic (exact) mass is 389 g/mol. The lowest BCUT2D eigenvalue weighted by Crippen LogP contribution is -2.59. The molecule has 0 radical (unpaired) electrons. The molecule has 4 heteroatoms. The molecule has 0 bridgehead atoms. The Labute approximate surface area is 174 Å². The molecule has 0 amide bonds. The number of rotatable bonds is 3. The highest BCUT2D eigenvalue weighted by Crippen LogP contribution is 2.50. The van der Waals surface area contributed by atoms with Crippen LogP contribution in [0.2, 0.25) is 0 Å². The van der Waals surface area contributed by atoms with E-state index in [4.69, 9.17) is 9.84 Å². The quantitative estimate of drug-likeness (QED) is 0.735. The number of nitrogens with zero attached hydrogens (tertiary/aromatic N) is 3. The second-order valence-corrected chi connectivity index (χ2v) is 8.86. The number of hydrazone groups is 1. The fraction of sp³-hybridized carbons (Fsp3) is 0.480. The molecule has 2 aromatic rings. The molecular weight excluding hydrogens is 358 g/mol. The van der Waals surface area contributed by atoms with Crippen molar-refractivity contribution < 1.29 is 4.74 Å². The van der Waals surface area contributed by atoms with Gasteiger partial charge in [0.15, 0.2) is 0 Å². The van der Waals surface area contributed by atoms with Gasteiger partial charge >= 0.3 is 0 Å². The number of ether oxygens (including phenoxy) is 1. The number of piperidine rings is 1. The highest BCUT2D eigenvalue weighted by atomic mass is 16.5. The minimum atomic E-state index is -0.317. The van der Waals surface area contributed by atoms with Crippen LogP contribution in [0.4, 0.5) is 0 Å². The van der Waals surface area contributed by atoms with Crippen LogP contribution in [0.15, 0.2) is 47.6 Å². The van der Waals surface area contributed by atoms with Crippen molar-refractivity contribution in [1.29, 1.82) is 0 Å². The molecule has 1 atom stereocenters. The first-order valence-corrected chi connectivity index (χ1v) is 11.0. The standard InChI is InChI=1S/C25H31N3O/c1-4-13-27-14-11-25(12-15-27)28-23(20-7-5-6-8-24(20)29-25)17-22(26-28)21-16-18(2)9-10-19(21)3/h5-10,16,23H,4,11-15,17H2,1-3H3. The maximum absolute atomic E-state index is 6.73. The summed E-state index contributed by atoms with van der Waals surface area (Å²) in [6, 6.07) is 15.5. The Balaban J connectivity index is 1.54. The van der Waals surface area contributed by atoms with Gasteiger partial charge in [-0.1, -0.05) is 42.8 Å². The van der Waals surface area contributed by atoms with E-state index < -0.39 is 0 Å². The van der Waals surface area contributed by atoms with Crippen molar-refractivity contribution >= 4 is 5.71 Å². The van der Waals surface area contributed by atoms with Crippen molar-refractivity contribution in [2.24, 2.45) is 5.10 Å². The molecule has 0 N–H and O–H groups in total. The Morgan fingerprint density at radius 3 is 2.69 bits per heavy atom. The Morgan fingerprint density at radius 2 is 1.90 bits per heavy atom. The first-order valence-electron chi connectivity index (χ1n) is 11.0. The van der Waals surface area contributed by atoms with Crippen molar-refractivity contribution in [3.8, 4) is 5.75 Å². The zero-order valence-electron chi connectivity index (χ0n) is 17.8. The molecule has 4 nitrogen and oxygen atoms in total. The molecule has 0 saturated carbocycles. The Morgan fingerprint density at radius 1 is 1.10 bits per heavy atom. The third kappa shape index (κ3) is 3.14. The molecular formula is C25H31N3O. The van der Waals surface area contributed by atoms with Gasteiger partial charge in [-0.25, -0.2) is 5.01 Å². The van der Waals surface area contributed by atoms with E-state index >= 15 is 0 Å². The molecule has 1 spiro atoms. The summed E-state index contributed by atoms with van der Waals surface area (Å²) in [7, 11) is 0. The first kappa shape index (κ1) is 18.7. The maximum Gasteiger partial charge on any atom is 0.200 e. The average molecular weight is 390 g/mol. The van der Waals surface area contributed by atoms with Crippen LogP contribution < -0.4 is 4.74 Å². The van der Waals surface area contributed by atoms with Crippen LogP contribution in [-0.2, 0) is 0 Å². The molecule has 2 aromatic carbocycles. The number of hydrogen-bond donors (Lipinski definition) is 0. The van der Waals surface area contributed by atoms with E-state index in [0.29, 0.717) is 0 Å². The summed E-state index contributed by atoms with van der Waals surface area (Å²) in [4.78, 5) is 2.57. The van der Waals surface area contributed by atoms with Crippen molar-refractivity contribution in [3.63, 3.8) is 0 Å². The average Bonchev–Trinajstić information content (AvgIpc) is 3.18. The van der Waals surface area contributed by atoms with E-state index in [-0.39, 0.29) is 11.8 Å². The second kappa shape index (κ2) is 7.17. The van der Waals surface area contributed by atoms with Crippen LogP contribution in [0.3, 0.4) is 0 Å². The lowest BCUT2D eigenvalue weighted by Gasteiger charge is -2.51. The molecule has 0 aliphatic carbocycles. The number of likely N-dealkylation sites (tertiary alicyclic amines) is 1. The maximum atomic E-state index is 6.73. The highest BCUT2D eigenvalue weighted by Gasteiger charge is 2.51. The third-order valence-electron chi connectivity index (χ3n) is 6.79. The SMILES string of the molecule is CCCN1CCC2(CC1)Oc1ccccc1C1CC(c3cc(C)ccc3C)=NN12. The van der Waals surface area contributed by atoms with Gasteiger partial charge in [0.05, 0.1) is 11.8 Å². The smallest absolute Gasteiger partial charge is 0.200 e. The zero-order valence-corrected chi connectivity index (χ0v) is 17.8. The Bertz CT molecular complexity index is 943. The van der Waals surface area contributed by atoms with E-state index in [0.717, 1.165) is 38.1 Å². The number of benzene rings is 2. The van der Waals surface area contributed by atoms with Crippen LogP contribution in [0.1, 0.15) is 60.9 Å². The minimum absolute atomic E-state index is 0.271. The number of para-hydroxylation sites is 1. The molecule has 0 aromatic heterocycles. The summed E-state index contributed by atoms with van der Waals surface area (Å²) in [6.45, 7) is 9.94. The van der Waals surface area contributed by atoms with Crippen LogP contribution in [-0.4, -0.2) is 41.0 Å². The van der Waals surface area contributed by atoms with Gasteiger partial charge in [0, 0.05) is 43.5 Å². The van der Waals surface area contributed by atoms with E-state index in [1.54, 1.807) is 0 Å². The number of fused-ring (bicyclic) bond motifs is 4. The normalized spacial score (nSPS) is 22.8. The molecule has 29 heavy (non-hydrogen) atoms. The molecule has 3 aliphatic heterocycles. The van der Waals surface area contributed by atoms with Gasteiger partial charge < -0.3 is 9.64 Å². The van der Waals surface area contributed by atoms with Crippen molar-refractivity contribution in [3.05, 3.63) is 64.7 Å². The fourth-order valence-corrected chi connectivity index (χ4v) is 5.21. The molecule has 1 fully saturated rings. The van der Waals surface area contributed by atoms with E-state index in [9.17, 15) is 0 Å². The molecule has 1 unspecified atom stereocenters. The zero-order chi connectivity index (χ0) is 20.0. The Kier molecular flexibility index (Phi) is 4.62. The van der Waals surface area contributed by atoms with Crippen LogP contribution >= 0.6 is 0 Å². The van der Waals surface area contributed by atoms with Crippen LogP contribution in [0.25, 0.3) is 0 Å². The predicted molar refractivity (Wildman–Crippen MR) is 117 cm³/mol. The molecule has 5 rings (SSSR count). The number of aryl methyl sites for hydroxylation is 2. The summed E-state index contributed by atoms with van der Waals surface area (Å²) >= 11 is 0. The van der Waals surface area contributed by atoms with Gasteiger partial charge in [0.1, 0.15) is 5.75 Å². The number of hydrogen-bond acceptors (Lipinski definition) is 4. The summed E-state index contributed by atoms with van der Waals surface area (Å²) in [5.41, 5.74) is 6.04. The van der Waals surface area contributed by atoms with Gasteiger partial charge in [0.2, 0.25) is 5.72 Å². The van der Waals surface area contributed by atoms with Gasteiger partial charge in [-0.05, 0) is 44.5 Å². The van der Waals surface area contributed by atoms with Gasteiger partial charge in [0.25, 0.3) is 0 Å². The summed E-state index contributed by atoms with van der Waals surface area (Å²) in [5, 5.41) is 7.56. The predicted octanol–water partition coefficient (Wildman–Crippen LogP) is 5.05. The lowest BCUT2D eigenvalue weighted by atomic mass is 9.90. The van der Waals surface area contributed by atoms with Crippen molar-refractivity contribution in [2.75, 3.05) is 19.6 Å². The molecule has 3 heterocycles.